The van der Waals surface area contributed by atoms with Crippen molar-refractivity contribution in [2.75, 3.05) is 6.54 Å². The molecule has 0 aliphatic carbocycles. The normalized spacial score (nSPS) is 13.8. The standard InChI is InChI=1S/C32H39NO6/c1-22(2)33(23(3)4)18-17-28(25-11-7-5-8-12-25)32(31(37)38,27-13-9-6-10-14-27)39-30(36)20-26-19-24(21-34)15-16-29(26)35/h5-16,19,22-23,28,34-35H,17-18,20-21H2,1-4H3,(H,37,38)/t28-,32+/m1/s1. The number of hydrogen-bond acceptors (Lipinski definition) is 6. The van der Waals surface area contributed by atoms with Crippen LogP contribution in [0.4, 0.5) is 0 Å². The second-order valence-corrected chi connectivity index (χ2v) is 10.4. The number of carbonyl (C=O) groups is 2. The van der Waals surface area contributed by atoms with E-state index in [2.05, 4.69) is 32.6 Å². The highest BCUT2D eigenvalue weighted by Crippen LogP contribution is 2.44. The Morgan fingerprint density at radius 1 is 0.897 bits per heavy atom. The van der Waals surface area contributed by atoms with Gasteiger partial charge in [0.05, 0.1) is 13.0 Å². The lowest BCUT2D eigenvalue weighted by Crippen LogP contribution is -2.48. The number of carbonyl (C=O) groups excluding carboxylic acids is 1. The van der Waals surface area contributed by atoms with Crippen LogP contribution in [-0.4, -0.2) is 50.8 Å². The monoisotopic (exact) mass is 533 g/mol. The first-order chi connectivity index (χ1) is 18.6. The van der Waals surface area contributed by atoms with Gasteiger partial charge in [0.15, 0.2) is 0 Å². The number of phenols is 1. The van der Waals surface area contributed by atoms with Crippen molar-refractivity contribution in [3.63, 3.8) is 0 Å². The second-order valence-electron chi connectivity index (χ2n) is 10.4. The van der Waals surface area contributed by atoms with Crippen molar-refractivity contribution in [1.29, 1.82) is 0 Å². The molecular formula is C32H39NO6. The average molecular weight is 534 g/mol. The first-order valence-corrected chi connectivity index (χ1v) is 13.3. The number of phenolic OH excluding ortho intramolecular Hbond substituents is 1. The van der Waals surface area contributed by atoms with Gasteiger partial charge in [-0.25, -0.2) is 4.79 Å². The number of aliphatic carboxylic acids is 1. The third-order valence-electron chi connectivity index (χ3n) is 7.15. The SMILES string of the molecule is CC(C)N(CC[C@H](c1ccccc1)[C@](OC(=O)Cc1cc(CO)ccc1O)(C(=O)O)c1ccccc1)C(C)C. The highest BCUT2D eigenvalue weighted by atomic mass is 16.6. The Bertz CT molecular complexity index is 1220. The van der Waals surface area contributed by atoms with Crippen LogP contribution in [0.3, 0.4) is 0 Å². The van der Waals surface area contributed by atoms with Crippen LogP contribution in [0.5, 0.6) is 5.75 Å². The van der Waals surface area contributed by atoms with E-state index < -0.39 is 23.5 Å². The van der Waals surface area contributed by atoms with E-state index in [0.29, 0.717) is 24.1 Å². The fourth-order valence-electron chi connectivity index (χ4n) is 5.26. The Labute approximate surface area is 230 Å². The molecule has 208 valence electrons. The lowest BCUT2D eigenvalue weighted by molar-refractivity contribution is -0.184. The number of ether oxygens (including phenoxy) is 1. The van der Waals surface area contributed by atoms with E-state index in [4.69, 9.17) is 4.74 Å². The van der Waals surface area contributed by atoms with Gasteiger partial charge in [0.2, 0.25) is 5.60 Å². The van der Waals surface area contributed by atoms with Crippen molar-refractivity contribution in [3.05, 3.63) is 101 Å². The minimum Gasteiger partial charge on any atom is -0.508 e. The molecular weight excluding hydrogens is 494 g/mol. The highest BCUT2D eigenvalue weighted by Gasteiger charge is 2.52. The minimum absolute atomic E-state index is 0.131. The summed E-state index contributed by atoms with van der Waals surface area (Å²) in [4.78, 5) is 29.1. The van der Waals surface area contributed by atoms with Gasteiger partial charge in [0.25, 0.3) is 0 Å². The molecule has 0 unspecified atom stereocenters. The van der Waals surface area contributed by atoms with Gasteiger partial charge in [-0.05, 0) is 63.9 Å². The molecule has 3 aromatic carbocycles. The summed E-state index contributed by atoms with van der Waals surface area (Å²) in [7, 11) is 0. The van der Waals surface area contributed by atoms with Crippen LogP contribution in [0.15, 0.2) is 78.9 Å². The zero-order valence-electron chi connectivity index (χ0n) is 23.1. The average Bonchev–Trinajstić information content (AvgIpc) is 2.91. The molecule has 3 N–H and O–H groups in total. The molecule has 0 saturated carbocycles. The molecule has 0 heterocycles. The summed E-state index contributed by atoms with van der Waals surface area (Å²) in [6, 6.07) is 22.8. The van der Waals surface area contributed by atoms with Crippen molar-refractivity contribution >= 4 is 11.9 Å². The summed E-state index contributed by atoms with van der Waals surface area (Å²) in [5, 5.41) is 30.7. The van der Waals surface area contributed by atoms with Gasteiger partial charge < -0.3 is 20.1 Å². The Morgan fingerprint density at radius 3 is 2.03 bits per heavy atom. The molecule has 3 aromatic rings. The van der Waals surface area contributed by atoms with Crippen LogP contribution < -0.4 is 0 Å². The molecule has 0 aliphatic heterocycles. The number of hydrogen-bond donors (Lipinski definition) is 3. The van der Waals surface area contributed by atoms with Gasteiger partial charge in [-0.15, -0.1) is 0 Å². The summed E-state index contributed by atoms with van der Waals surface area (Å²) in [5.41, 5.74) is -0.152. The molecule has 7 heteroatoms. The maximum atomic E-state index is 13.5. The maximum absolute atomic E-state index is 13.5. The molecule has 0 radical (unpaired) electrons. The van der Waals surface area contributed by atoms with Crippen molar-refractivity contribution in [3.8, 4) is 5.75 Å². The molecule has 0 saturated heterocycles. The molecule has 39 heavy (non-hydrogen) atoms. The van der Waals surface area contributed by atoms with Gasteiger partial charge >= 0.3 is 11.9 Å². The van der Waals surface area contributed by atoms with Gasteiger partial charge in [-0.3, -0.25) is 9.69 Å². The van der Waals surface area contributed by atoms with Crippen LogP contribution in [0, 0.1) is 0 Å². The van der Waals surface area contributed by atoms with Gasteiger partial charge in [0.1, 0.15) is 5.75 Å². The number of rotatable bonds is 13. The number of aliphatic hydroxyl groups is 1. The number of benzene rings is 3. The molecule has 0 aromatic heterocycles. The second kappa shape index (κ2) is 13.4. The van der Waals surface area contributed by atoms with Crippen LogP contribution in [0.25, 0.3) is 0 Å². The van der Waals surface area contributed by atoms with E-state index in [-0.39, 0.29) is 36.4 Å². The van der Waals surface area contributed by atoms with Crippen molar-refractivity contribution in [1.82, 2.24) is 4.90 Å². The summed E-state index contributed by atoms with van der Waals surface area (Å²) in [6.07, 6.45) is 0.0628. The maximum Gasteiger partial charge on any atom is 0.353 e. The summed E-state index contributed by atoms with van der Waals surface area (Å²) in [6.45, 7) is 8.74. The van der Waals surface area contributed by atoms with Crippen LogP contribution in [-0.2, 0) is 33.0 Å². The lowest BCUT2D eigenvalue weighted by Gasteiger charge is -2.39. The molecule has 0 fully saturated rings. The third-order valence-corrected chi connectivity index (χ3v) is 7.15. The number of carboxylic acid groups (broad SMARTS) is 1. The smallest absolute Gasteiger partial charge is 0.353 e. The fraction of sp³-hybridized carbons (Fsp3) is 0.375. The predicted molar refractivity (Wildman–Crippen MR) is 150 cm³/mol. The molecule has 0 amide bonds. The van der Waals surface area contributed by atoms with Gasteiger partial charge in [0, 0.05) is 29.1 Å². The summed E-state index contributed by atoms with van der Waals surface area (Å²) in [5.74, 6) is -2.91. The molecule has 7 nitrogen and oxygen atoms in total. The highest BCUT2D eigenvalue weighted by molar-refractivity contribution is 5.86. The quantitative estimate of drug-likeness (QED) is 0.258. The van der Waals surface area contributed by atoms with E-state index in [1.54, 1.807) is 36.4 Å². The summed E-state index contributed by atoms with van der Waals surface area (Å²) < 4.78 is 6.06. The van der Waals surface area contributed by atoms with Crippen LogP contribution >= 0.6 is 0 Å². The molecule has 0 bridgehead atoms. The number of carboxylic acids is 1. The van der Waals surface area contributed by atoms with Crippen molar-refractivity contribution in [2.24, 2.45) is 0 Å². The Kier molecular flexibility index (Phi) is 10.3. The minimum atomic E-state index is -2.02. The first-order valence-electron chi connectivity index (χ1n) is 13.3. The molecule has 3 rings (SSSR count). The topological polar surface area (TPSA) is 107 Å². The van der Waals surface area contributed by atoms with E-state index >= 15 is 0 Å². The Morgan fingerprint density at radius 2 is 1.49 bits per heavy atom. The molecule has 0 aliphatic rings. The van der Waals surface area contributed by atoms with Crippen LogP contribution in [0.1, 0.15) is 62.3 Å². The number of nitrogens with zero attached hydrogens (tertiary/aromatic N) is 1. The van der Waals surface area contributed by atoms with Crippen molar-refractivity contribution in [2.45, 2.75) is 70.7 Å². The molecule has 2 atom stereocenters. The lowest BCUT2D eigenvalue weighted by atomic mass is 9.75. The van der Waals surface area contributed by atoms with Gasteiger partial charge in [-0.1, -0.05) is 66.7 Å². The zero-order valence-corrected chi connectivity index (χ0v) is 23.1. The molecule has 0 spiro atoms. The van der Waals surface area contributed by atoms with E-state index in [0.717, 1.165) is 5.56 Å². The van der Waals surface area contributed by atoms with E-state index in [1.165, 1.54) is 12.1 Å². The third kappa shape index (κ3) is 7.05. The first kappa shape index (κ1) is 29.9. The Balaban J connectivity index is 2.12. The number of aliphatic hydroxyl groups excluding tert-OH is 1. The Hall–Kier alpha value is -3.68. The van der Waals surface area contributed by atoms with Crippen LogP contribution in [0.2, 0.25) is 0 Å². The number of esters is 1. The largest absolute Gasteiger partial charge is 0.508 e. The van der Waals surface area contributed by atoms with E-state index in [9.17, 15) is 24.9 Å². The van der Waals surface area contributed by atoms with E-state index in [1.807, 2.05) is 30.3 Å². The number of aromatic hydroxyl groups is 1. The fourth-order valence-corrected chi connectivity index (χ4v) is 5.26. The van der Waals surface area contributed by atoms with Gasteiger partial charge in [-0.2, -0.15) is 0 Å². The predicted octanol–water partition coefficient (Wildman–Crippen LogP) is 5.24. The van der Waals surface area contributed by atoms with Crippen molar-refractivity contribution < 1.29 is 29.6 Å². The zero-order chi connectivity index (χ0) is 28.6. The summed E-state index contributed by atoms with van der Waals surface area (Å²) >= 11 is 0.